The summed E-state index contributed by atoms with van der Waals surface area (Å²) < 4.78 is 110. The van der Waals surface area contributed by atoms with Crippen LogP contribution in [0.1, 0.15) is 77.8 Å². The lowest BCUT2D eigenvalue weighted by Crippen LogP contribution is -2.68. The van der Waals surface area contributed by atoms with Gasteiger partial charge in [0.1, 0.15) is 61.0 Å². The Bertz CT molecular complexity index is 3760. The van der Waals surface area contributed by atoms with E-state index in [0.29, 0.717) is 0 Å². The molecule has 3 heterocycles. The maximum absolute atomic E-state index is 7.88. The lowest BCUT2D eigenvalue weighted by atomic mass is 9.95. The lowest BCUT2D eigenvalue weighted by Gasteiger charge is -2.52. The van der Waals surface area contributed by atoms with E-state index in [1.54, 1.807) is 0 Å². The van der Waals surface area contributed by atoms with Gasteiger partial charge in [0.2, 0.25) is 0 Å². The van der Waals surface area contributed by atoms with Crippen LogP contribution in [0.2, 0.25) is 18.1 Å². The fraction of sp³-hybridized carbons (Fsp3) is 0.379. The maximum atomic E-state index is 7.88. The first-order chi connectivity index (χ1) is 50.8. The lowest BCUT2D eigenvalue weighted by molar-refractivity contribution is -0.393. The summed E-state index contributed by atoms with van der Waals surface area (Å²) >= 11 is 0. The van der Waals surface area contributed by atoms with Crippen molar-refractivity contribution in [3.63, 3.8) is 0 Å². The molecule has 0 aromatic heterocycles. The van der Waals surface area contributed by atoms with Crippen LogP contribution < -0.4 is 0 Å². The average molecular weight is 1410 g/mol. The molecule has 0 aliphatic carbocycles. The van der Waals surface area contributed by atoms with Gasteiger partial charge < -0.3 is 70.7 Å². The molecule has 0 amide bonds. The van der Waals surface area contributed by atoms with Gasteiger partial charge in [0, 0.05) is 0 Å². The van der Waals surface area contributed by atoms with Gasteiger partial charge >= 0.3 is 0 Å². The highest BCUT2D eigenvalue weighted by Crippen LogP contribution is 2.41. The first kappa shape index (κ1) is 75.3. The Balaban J connectivity index is 0.985. The number of ether oxygens (including phenoxy) is 14. The van der Waals surface area contributed by atoms with Crippen LogP contribution in [-0.4, -0.2) is 114 Å². The fourth-order valence-electron chi connectivity index (χ4n) is 13.6. The fourth-order valence-corrected chi connectivity index (χ4v) is 16.5. The van der Waals surface area contributed by atoms with E-state index in [0.717, 1.165) is 68.2 Å². The van der Waals surface area contributed by atoms with Crippen LogP contribution in [0.3, 0.4) is 0 Å². The van der Waals surface area contributed by atoms with Gasteiger partial charge in [-0.15, -0.1) is 0 Å². The van der Waals surface area contributed by atoms with Gasteiger partial charge in [0.25, 0.3) is 0 Å². The largest absolute Gasteiger partial charge is 0.409 e. The Morgan fingerprint density at radius 1 is 0.252 bits per heavy atom. The van der Waals surface area contributed by atoms with Crippen LogP contribution in [0, 0.1) is 0 Å². The summed E-state index contributed by atoms with van der Waals surface area (Å²) in [6.45, 7) is 10.7. The van der Waals surface area contributed by atoms with Gasteiger partial charge in [-0.25, -0.2) is 0 Å². The molecule has 3 aliphatic rings. The van der Waals surface area contributed by atoms with Crippen molar-refractivity contribution in [2.75, 3.05) is 13.2 Å². The van der Waals surface area contributed by atoms with Crippen LogP contribution in [-0.2, 0) is 130 Å². The minimum atomic E-state index is -2.35. The Morgan fingerprint density at radius 3 is 0.777 bits per heavy atom. The van der Waals surface area contributed by atoms with Crippen LogP contribution in [0.5, 0.6) is 0 Å². The van der Waals surface area contributed by atoms with Gasteiger partial charge in [-0.2, -0.15) is 0 Å². The molecule has 15 atom stereocenters. The molecule has 9 aromatic rings. The van der Waals surface area contributed by atoms with E-state index in [1.807, 2.05) is 249 Å². The molecule has 3 aliphatic heterocycles. The standard InChI is InChI=1S/C87H100O15Si/c1-5-103(6-2,7-3)102-76-64(4)97-86(83(94-59-71-47-29-14-30-48-71)79(76)90-55-67-39-21-10-22-40-67)100-78-75(63-89-54-66-37-19-9-20-38-66)99-87(84(95-60-72-49-31-15-32-50-72)81(78)92-57-69-43-25-12-26-44-69)101-77-74(62-88-53-65-35-17-8-18-36-65)98-85(96-61-73-51-33-16-34-52-73)82(93-58-70-45-27-13-28-46-70)80(77)91-56-68-41-23-11-24-42-68/h8-52,64,74-87H,5-7,53-63H2,1-4H3/t64-,74-,75-,76+,77-,78-,79+,80+,81+,82-,83-,84-,85-,86-,87-/m1/s1. The van der Waals surface area contributed by atoms with Crippen molar-refractivity contribution in [1.82, 2.24) is 0 Å². The third kappa shape index (κ3) is 21.6. The van der Waals surface area contributed by atoms with Crippen molar-refractivity contribution in [1.29, 1.82) is 0 Å². The number of rotatable bonds is 38. The van der Waals surface area contributed by atoms with Gasteiger partial charge in [-0.05, 0) is 75.1 Å². The minimum absolute atomic E-state index is 0.00204. The molecular formula is C87H100O15Si. The van der Waals surface area contributed by atoms with E-state index >= 15 is 0 Å². The molecule has 16 heteroatoms. The van der Waals surface area contributed by atoms with Crippen LogP contribution in [0.4, 0.5) is 0 Å². The van der Waals surface area contributed by atoms with E-state index < -0.39 is 100 Å². The third-order valence-corrected chi connectivity index (χ3v) is 24.2. The molecule has 3 fully saturated rings. The second-order valence-electron chi connectivity index (χ2n) is 26.7. The molecule has 0 spiro atoms. The summed E-state index contributed by atoms with van der Waals surface area (Å²) in [5.41, 5.74) is 8.60. The highest BCUT2D eigenvalue weighted by Gasteiger charge is 2.57. The average Bonchev–Trinajstić information content (AvgIpc) is 0.765. The molecule has 9 aromatic carbocycles. The van der Waals surface area contributed by atoms with E-state index in [4.69, 9.17) is 70.7 Å². The SMILES string of the molecule is CC[Si](CC)(CC)O[C@@H]1[C@H](OCc2ccccc2)[C@@H](OCc2ccccc2)[C@@H](O[C@H]2[C@H](OCc3ccccc3)[C@@H](OCc3ccccc3)[C@@H](O[C@H]3[C@H](OCc4ccccc4)[C@@H](OCc4ccccc4)[C@H](OCc4ccccc4)O[C@@H]3COCc3ccccc3)O[C@@H]2COCc2ccccc2)O[C@@H]1C. The van der Waals surface area contributed by atoms with Gasteiger partial charge in [0.05, 0.1) is 84.9 Å². The normalized spacial score (nSPS) is 25.1. The summed E-state index contributed by atoms with van der Waals surface area (Å²) in [6, 6.07) is 93.6. The summed E-state index contributed by atoms with van der Waals surface area (Å²) in [7, 11) is -2.35. The van der Waals surface area contributed by atoms with Crippen LogP contribution >= 0.6 is 0 Å². The summed E-state index contributed by atoms with van der Waals surface area (Å²) in [5, 5.41) is 0. The van der Waals surface area contributed by atoms with E-state index in [2.05, 4.69) is 52.0 Å². The van der Waals surface area contributed by atoms with Gasteiger partial charge in [-0.1, -0.05) is 294 Å². The molecule has 0 N–H and O–H groups in total. The quantitative estimate of drug-likeness (QED) is 0.0339. The third-order valence-electron chi connectivity index (χ3n) is 19.6. The van der Waals surface area contributed by atoms with Crippen molar-refractivity contribution < 1.29 is 70.7 Å². The molecule has 12 rings (SSSR count). The van der Waals surface area contributed by atoms with Crippen molar-refractivity contribution >= 4 is 8.32 Å². The molecule has 0 radical (unpaired) electrons. The second-order valence-corrected chi connectivity index (χ2v) is 31.4. The Labute approximate surface area is 609 Å². The molecule has 542 valence electrons. The second kappa shape index (κ2) is 39.6. The Hall–Kier alpha value is -7.40. The van der Waals surface area contributed by atoms with E-state index in [1.165, 1.54) is 0 Å². The van der Waals surface area contributed by atoms with Crippen molar-refractivity contribution in [3.05, 3.63) is 323 Å². The number of hydrogen-bond acceptors (Lipinski definition) is 15. The maximum Gasteiger partial charge on any atom is 0.192 e. The minimum Gasteiger partial charge on any atom is -0.409 e. The molecule has 15 nitrogen and oxygen atoms in total. The van der Waals surface area contributed by atoms with Crippen molar-refractivity contribution in [2.45, 2.75) is 197 Å². The van der Waals surface area contributed by atoms with E-state index in [-0.39, 0.29) is 72.7 Å². The van der Waals surface area contributed by atoms with Crippen molar-refractivity contribution in [2.24, 2.45) is 0 Å². The molecule has 3 saturated heterocycles. The number of hydrogen-bond donors (Lipinski definition) is 0. The molecule has 0 saturated carbocycles. The molecule has 0 unspecified atom stereocenters. The van der Waals surface area contributed by atoms with Gasteiger partial charge in [-0.3, -0.25) is 0 Å². The monoisotopic (exact) mass is 1410 g/mol. The summed E-state index contributed by atoms with van der Waals surface area (Å²) in [4.78, 5) is 0. The first-order valence-electron chi connectivity index (χ1n) is 36.6. The Kier molecular flexibility index (Phi) is 29.0. The number of benzene rings is 9. The topological polar surface area (TPSA) is 138 Å². The Morgan fingerprint density at radius 2 is 0.485 bits per heavy atom. The zero-order valence-corrected chi connectivity index (χ0v) is 60.7. The summed E-state index contributed by atoms with van der Waals surface area (Å²) in [5.74, 6) is 0. The highest BCUT2D eigenvalue weighted by atomic mass is 28.4. The van der Waals surface area contributed by atoms with Gasteiger partial charge in [0.15, 0.2) is 27.2 Å². The predicted octanol–water partition coefficient (Wildman–Crippen LogP) is 16.5. The smallest absolute Gasteiger partial charge is 0.192 e. The molecule has 0 bridgehead atoms. The van der Waals surface area contributed by atoms with Crippen molar-refractivity contribution in [3.8, 4) is 0 Å². The molecular weight excluding hydrogens is 1310 g/mol. The zero-order valence-electron chi connectivity index (χ0n) is 59.7. The predicted molar refractivity (Wildman–Crippen MR) is 397 cm³/mol. The van der Waals surface area contributed by atoms with E-state index in [9.17, 15) is 0 Å². The molecule has 103 heavy (non-hydrogen) atoms. The zero-order chi connectivity index (χ0) is 70.7. The van der Waals surface area contributed by atoms with Crippen LogP contribution in [0.15, 0.2) is 273 Å². The summed E-state index contributed by atoms with van der Waals surface area (Å²) in [6.07, 6.45) is -13.7. The highest BCUT2D eigenvalue weighted by molar-refractivity contribution is 6.73. The first-order valence-corrected chi connectivity index (χ1v) is 39.1. The van der Waals surface area contributed by atoms with Crippen LogP contribution in [0.25, 0.3) is 0 Å².